The second-order valence-electron chi connectivity index (χ2n) is 5.20. The summed E-state index contributed by atoms with van der Waals surface area (Å²) in [5.41, 5.74) is 0. The number of carbonyl (C=O) groups is 2. The van der Waals surface area contributed by atoms with Gasteiger partial charge in [0.25, 0.3) is 5.91 Å². The Morgan fingerprint density at radius 3 is 2.52 bits per heavy atom. The Morgan fingerprint density at radius 2 is 1.91 bits per heavy atom. The number of methoxy groups -OCH3 is 1. The van der Waals surface area contributed by atoms with Gasteiger partial charge in [0.05, 0.1) is 20.1 Å². The molecule has 0 radical (unpaired) electrons. The van der Waals surface area contributed by atoms with E-state index in [1.807, 2.05) is 13.8 Å². The number of hydrogen-bond donors (Lipinski definition) is 0. The number of ether oxygens (including phenoxy) is 3. The molecule has 0 spiro atoms. The molecule has 0 aliphatic heterocycles. The Balaban J connectivity index is 2.55. The molecule has 0 N–H and O–H groups in total. The predicted molar refractivity (Wildman–Crippen MR) is 86.6 cm³/mol. The first-order chi connectivity index (χ1) is 11.0. The van der Waals surface area contributed by atoms with Crippen molar-refractivity contribution in [3.63, 3.8) is 0 Å². The molecule has 6 heteroatoms. The van der Waals surface area contributed by atoms with Gasteiger partial charge < -0.3 is 19.1 Å². The van der Waals surface area contributed by atoms with E-state index in [0.717, 1.165) is 0 Å². The van der Waals surface area contributed by atoms with E-state index in [4.69, 9.17) is 14.2 Å². The lowest BCUT2D eigenvalue weighted by Gasteiger charge is -2.26. The Labute approximate surface area is 137 Å². The fourth-order valence-electron chi connectivity index (χ4n) is 2.03. The van der Waals surface area contributed by atoms with Crippen molar-refractivity contribution in [2.24, 2.45) is 0 Å². The minimum Gasteiger partial charge on any atom is -0.497 e. The standard InChI is InChI=1S/C17H25NO5/c1-5-22-17(20)9-10-18(13(2)3)16(19)12-23-15-8-6-7-14(11-15)21-4/h6-8,11,13H,5,9-10,12H2,1-4H3. The SMILES string of the molecule is CCOC(=O)CCN(C(=O)COc1cccc(OC)c1)C(C)C. The molecule has 0 bridgehead atoms. The van der Waals surface area contributed by atoms with E-state index in [2.05, 4.69) is 0 Å². The lowest BCUT2D eigenvalue weighted by molar-refractivity contribution is -0.144. The van der Waals surface area contributed by atoms with Crippen molar-refractivity contribution in [1.82, 2.24) is 4.90 Å². The molecule has 1 aromatic carbocycles. The zero-order chi connectivity index (χ0) is 17.2. The molecule has 6 nitrogen and oxygen atoms in total. The van der Waals surface area contributed by atoms with E-state index in [9.17, 15) is 9.59 Å². The first kappa shape index (κ1) is 18.8. The van der Waals surface area contributed by atoms with E-state index < -0.39 is 0 Å². The fraction of sp³-hybridized carbons (Fsp3) is 0.529. The normalized spacial score (nSPS) is 10.3. The van der Waals surface area contributed by atoms with Gasteiger partial charge in [-0.3, -0.25) is 9.59 Å². The predicted octanol–water partition coefficient (Wildman–Crippen LogP) is 2.26. The number of rotatable bonds is 9. The molecule has 0 heterocycles. The third-order valence-electron chi connectivity index (χ3n) is 3.21. The van der Waals surface area contributed by atoms with Gasteiger partial charge in [0.1, 0.15) is 11.5 Å². The van der Waals surface area contributed by atoms with Crippen LogP contribution in [0.5, 0.6) is 11.5 Å². The number of amides is 1. The fourth-order valence-corrected chi connectivity index (χ4v) is 2.03. The Bertz CT molecular complexity index is 515. The molecule has 0 saturated heterocycles. The summed E-state index contributed by atoms with van der Waals surface area (Å²) in [6, 6.07) is 7.04. The van der Waals surface area contributed by atoms with Crippen LogP contribution in [0.15, 0.2) is 24.3 Å². The molecule has 0 atom stereocenters. The molecule has 0 saturated carbocycles. The highest BCUT2D eigenvalue weighted by Gasteiger charge is 2.19. The van der Waals surface area contributed by atoms with E-state index in [0.29, 0.717) is 24.7 Å². The third kappa shape index (κ3) is 6.59. The highest BCUT2D eigenvalue weighted by molar-refractivity contribution is 5.79. The van der Waals surface area contributed by atoms with Crippen molar-refractivity contribution in [1.29, 1.82) is 0 Å². The third-order valence-corrected chi connectivity index (χ3v) is 3.21. The van der Waals surface area contributed by atoms with Crippen molar-refractivity contribution in [3.05, 3.63) is 24.3 Å². The molecule has 1 rings (SSSR count). The van der Waals surface area contributed by atoms with Crippen LogP contribution in [-0.4, -0.2) is 49.7 Å². The van der Waals surface area contributed by atoms with Crippen LogP contribution in [0.2, 0.25) is 0 Å². The highest BCUT2D eigenvalue weighted by Crippen LogP contribution is 2.18. The summed E-state index contributed by atoms with van der Waals surface area (Å²) in [4.78, 5) is 25.3. The quantitative estimate of drug-likeness (QED) is 0.652. The number of benzene rings is 1. The maximum absolute atomic E-state index is 12.3. The number of esters is 1. The molecule has 1 aromatic rings. The Morgan fingerprint density at radius 1 is 1.22 bits per heavy atom. The maximum Gasteiger partial charge on any atom is 0.307 e. The zero-order valence-corrected chi connectivity index (χ0v) is 14.2. The van der Waals surface area contributed by atoms with Gasteiger partial charge >= 0.3 is 5.97 Å². The van der Waals surface area contributed by atoms with E-state index in [1.165, 1.54) is 0 Å². The van der Waals surface area contributed by atoms with Crippen molar-refractivity contribution in [3.8, 4) is 11.5 Å². The van der Waals surface area contributed by atoms with Crippen molar-refractivity contribution in [2.45, 2.75) is 33.2 Å². The minimum absolute atomic E-state index is 0.0224. The molecular weight excluding hydrogens is 298 g/mol. The summed E-state index contributed by atoms with van der Waals surface area (Å²) < 4.78 is 15.5. The molecule has 0 aromatic heterocycles. The van der Waals surface area contributed by atoms with Crippen LogP contribution in [0.4, 0.5) is 0 Å². The topological polar surface area (TPSA) is 65.1 Å². The lowest BCUT2D eigenvalue weighted by Crippen LogP contribution is -2.41. The van der Waals surface area contributed by atoms with Crippen molar-refractivity contribution < 1.29 is 23.8 Å². The second kappa shape index (κ2) is 9.71. The highest BCUT2D eigenvalue weighted by atomic mass is 16.5. The molecule has 0 unspecified atom stereocenters. The van der Waals surface area contributed by atoms with Gasteiger partial charge in [-0.1, -0.05) is 6.07 Å². The molecule has 23 heavy (non-hydrogen) atoms. The summed E-state index contributed by atoms with van der Waals surface area (Å²) in [5, 5.41) is 0. The van der Waals surface area contributed by atoms with Gasteiger partial charge in [-0.2, -0.15) is 0 Å². The number of carbonyl (C=O) groups excluding carboxylic acids is 2. The van der Waals surface area contributed by atoms with Crippen LogP contribution in [0.3, 0.4) is 0 Å². The lowest BCUT2D eigenvalue weighted by atomic mass is 10.2. The van der Waals surface area contributed by atoms with Crippen molar-refractivity contribution in [2.75, 3.05) is 26.9 Å². The smallest absolute Gasteiger partial charge is 0.307 e. The summed E-state index contributed by atoms with van der Waals surface area (Å²) in [6.45, 7) is 6.12. The van der Waals surface area contributed by atoms with Crippen molar-refractivity contribution >= 4 is 11.9 Å². The van der Waals surface area contributed by atoms with Crippen LogP contribution < -0.4 is 9.47 Å². The second-order valence-corrected chi connectivity index (χ2v) is 5.20. The summed E-state index contributed by atoms with van der Waals surface area (Å²) in [6.07, 6.45) is 0.177. The summed E-state index contributed by atoms with van der Waals surface area (Å²) in [7, 11) is 1.57. The average Bonchev–Trinajstić information content (AvgIpc) is 2.53. The van der Waals surface area contributed by atoms with Gasteiger partial charge in [0, 0.05) is 18.7 Å². The summed E-state index contributed by atoms with van der Waals surface area (Å²) >= 11 is 0. The molecular formula is C17H25NO5. The first-order valence-corrected chi connectivity index (χ1v) is 7.69. The van der Waals surface area contributed by atoms with Crippen LogP contribution in [0.1, 0.15) is 27.2 Å². The average molecular weight is 323 g/mol. The molecule has 128 valence electrons. The van der Waals surface area contributed by atoms with E-state index in [1.54, 1.807) is 43.2 Å². The Hall–Kier alpha value is -2.24. The van der Waals surface area contributed by atoms with Gasteiger partial charge in [-0.05, 0) is 32.9 Å². The van der Waals surface area contributed by atoms with Gasteiger partial charge in [0.15, 0.2) is 6.61 Å². The molecule has 0 aliphatic carbocycles. The van der Waals surface area contributed by atoms with E-state index >= 15 is 0 Å². The largest absolute Gasteiger partial charge is 0.497 e. The van der Waals surface area contributed by atoms with Crippen LogP contribution in [0, 0.1) is 0 Å². The first-order valence-electron chi connectivity index (χ1n) is 7.69. The van der Waals surface area contributed by atoms with Gasteiger partial charge in [-0.25, -0.2) is 0 Å². The molecule has 0 fully saturated rings. The molecule has 0 aliphatic rings. The van der Waals surface area contributed by atoms with E-state index in [-0.39, 0.29) is 30.9 Å². The minimum atomic E-state index is -0.306. The Kier molecular flexibility index (Phi) is 7.94. The van der Waals surface area contributed by atoms with Crippen LogP contribution in [-0.2, 0) is 14.3 Å². The maximum atomic E-state index is 12.3. The van der Waals surface area contributed by atoms with Gasteiger partial charge in [0.2, 0.25) is 0 Å². The van der Waals surface area contributed by atoms with Gasteiger partial charge in [-0.15, -0.1) is 0 Å². The van der Waals surface area contributed by atoms with Crippen LogP contribution in [0.25, 0.3) is 0 Å². The monoisotopic (exact) mass is 323 g/mol. The zero-order valence-electron chi connectivity index (χ0n) is 14.2. The number of hydrogen-bond acceptors (Lipinski definition) is 5. The van der Waals surface area contributed by atoms with Crippen LogP contribution >= 0.6 is 0 Å². The number of nitrogens with zero attached hydrogens (tertiary/aromatic N) is 1. The summed E-state index contributed by atoms with van der Waals surface area (Å²) in [5.74, 6) is 0.747. The molecule has 1 amide bonds.